The first-order valence-corrected chi connectivity index (χ1v) is 10.0. The van der Waals surface area contributed by atoms with Gasteiger partial charge in [-0.05, 0) is 61.7 Å². The lowest BCUT2D eigenvalue weighted by atomic mass is 9.99. The Morgan fingerprint density at radius 3 is 2.30 bits per heavy atom. The highest BCUT2D eigenvalue weighted by Gasteiger charge is 2.42. The molecule has 5 nitrogen and oxygen atoms in total. The van der Waals surface area contributed by atoms with Crippen LogP contribution in [0.2, 0.25) is 0 Å². The van der Waals surface area contributed by atoms with Gasteiger partial charge in [-0.15, -0.1) is 0 Å². The number of carbonyl (C=O) groups is 2. The summed E-state index contributed by atoms with van der Waals surface area (Å²) in [4.78, 5) is 30.2. The lowest BCUT2D eigenvalue weighted by molar-refractivity contribution is -0.137. The van der Waals surface area contributed by atoms with Crippen LogP contribution in [-0.4, -0.2) is 23.3 Å². The Labute approximate surface area is 176 Å². The normalized spacial score (nSPS) is 14.0. The number of hydrogen-bond acceptors (Lipinski definition) is 4. The Balaban J connectivity index is 1.86. The van der Waals surface area contributed by atoms with Crippen molar-refractivity contribution < 1.29 is 14.0 Å². The minimum absolute atomic E-state index is 0.106. The molecule has 2 amide bonds. The van der Waals surface area contributed by atoms with Crippen molar-refractivity contribution in [3.63, 3.8) is 0 Å². The summed E-state index contributed by atoms with van der Waals surface area (Å²) >= 11 is 0. The number of nitrogens with zero attached hydrogens (tertiary/aromatic N) is 2. The molecule has 5 heteroatoms. The molecule has 0 spiro atoms. The van der Waals surface area contributed by atoms with Crippen molar-refractivity contribution in [2.45, 2.75) is 27.3 Å². The molecule has 0 unspecified atom stereocenters. The van der Waals surface area contributed by atoms with Gasteiger partial charge < -0.3 is 9.32 Å². The third-order valence-electron chi connectivity index (χ3n) is 5.49. The molecule has 152 valence electrons. The van der Waals surface area contributed by atoms with Gasteiger partial charge in [0.25, 0.3) is 11.8 Å². The number of aryl methyl sites for hydroxylation is 2. The number of amides is 2. The van der Waals surface area contributed by atoms with Crippen molar-refractivity contribution in [2.75, 3.05) is 11.4 Å². The van der Waals surface area contributed by atoms with Crippen LogP contribution in [0.5, 0.6) is 0 Å². The van der Waals surface area contributed by atoms with Gasteiger partial charge in [-0.25, -0.2) is 0 Å². The number of hydrogen-bond donors (Lipinski definition) is 0. The summed E-state index contributed by atoms with van der Waals surface area (Å²) in [5.41, 5.74) is 4.68. The van der Waals surface area contributed by atoms with Gasteiger partial charge >= 0.3 is 0 Å². The van der Waals surface area contributed by atoms with Crippen LogP contribution in [-0.2, 0) is 16.1 Å². The minimum atomic E-state index is -0.310. The van der Waals surface area contributed by atoms with Gasteiger partial charge in [0.1, 0.15) is 11.5 Å². The first kappa shape index (κ1) is 19.7. The molecule has 3 aromatic rings. The topological polar surface area (TPSA) is 53.8 Å². The Morgan fingerprint density at radius 1 is 0.900 bits per heavy atom. The highest BCUT2D eigenvalue weighted by molar-refractivity contribution is 6.36. The number of likely N-dealkylation sites (N-methyl/N-ethyl adjacent to an activating group) is 1. The molecule has 2 heterocycles. The summed E-state index contributed by atoms with van der Waals surface area (Å²) in [5, 5.41) is 0. The van der Waals surface area contributed by atoms with Crippen LogP contribution in [0.4, 0.5) is 5.69 Å². The predicted molar refractivity (Wildman–Crippen MR) is 117 cm³/mol. The fourth-order valence-electron chi connectivity index (χ4n) is 3.75. The van der Waals surface area contributed by atoms with Crippen LogP contribution in [0.1, 0.15) is 29.4 Å². The summed E-state index contributed by atoms with van der Waals surface area (Å²) in [7, 11) is 0. The number of benzene rings is 2. The Kier molecular flexibility index (Phi) is 5.27. The van der Waals surface area contributed by atoms with Crippen molar-refractivity contribution in [3.8, 4) is 0 Å². The zero-order valence-electron chi connectivity index (χ0n) is 17.4. The van der Waals surface area contributed by atoms with Crippen molar-refractivity contribution in [1.82, 2.24) is 4.90 Å². The van der Waals surface area contributed by atoms with E-state index >= 15 is 0 Å². The van der Waals surface area contributed by atoms with Gasteiger partial charge in [0.05, 0.1) is 18.4 Å². The summed E-state index contributed by atoms with van der Waals surface area (Å²) in [6, 6.07) is 19.1. The number of imide groups is 1. The number of furan rings is 1. The third kappa shape index (κ3) is 3.43. The zero-order chi connectivity index (χ0) is 21.3. The predicted octanol–water partition coefficient (Wildman–Crippen LogP) is 4.70. The van der Waals surface area contributed by atoms with Crippen LogP contribution in [0, 0.1) is 13.8 Å². The van der Waals surface area contributed by atoms with Gasteiger partial charge in [-0.3, -0.25) is 14.5 Å². The van der Waals surface area contributed by atoms with E-state index in [-0.39, 0.29) is 18.4 Å². The van der Waals surface area contributed by atoms with Gasteiger partial charge in [-0.2, -0.15) is 0 Å². The summed E-state index contributed by atoms with van der Waals surface area (Å²) in [5.74, 6) is -0.0421. The first-order valence-electron chi connectivity index (χ1n) is 10.0. The first-order chi connectivity index (χ1) is 14.5. The molecule has 1 aromatic heterocycles. The molecular formula is C25H24N2O3. The second kappa shape index (κ2) is 8.03. The van der Waals surface area contributed by atoms with Crippen LogP contribution >= 0.6 is 0 Å². The van der Waals surface area contributed by atoms with Crippen molar-refractivity contribution in [2.24, 2.45) is 0 Å². The Hall–Kier alpha value is -3.60. The smallest absolute Gasteiger partial charge is 0.278 e. The van der Waals surface area contributed by atoms with E-state index in [0.29, 0.717) is 23.6 Å². The highest BCUT2D eigenvalue weighted by Crippen LogP contribution is 2.35. The molecule has 0 N–H and O–H groups in total. The zero-order valence-corrected chi connectivity index (χ0v) is 17.4. The van der Waals surface area contributed by atoms with E-state index in [9.17, 15) is 9.59 Å². The van der Waals surface area contributed by atoms with Crippen LogP contribution in [0.15, 0.2) is 77.0 Å². The van der Waals surface area contributed by atoms with E-state index in [2.05, 4.69) is 0 Å². The highest BCUT2D eigenvalue weighted by atomic mass is 16.3. The van der Waals surface area contributed by atoms with Crippen LogP contribution in [0.25, 0.3) is 5.57 Å². The molecule has 1 aliphatic heterocycles. The standard InChI is InChI=1S/C25H24N2O3/c1-4-26(20-9-6-5-7-10-20)23-22(19-13-12-17(2)18(3)15-19)24(28)27(25(23)29)16-21-11-8-14-30-21/h5-15H,4,16H2,1-3H3. The van der Waals surface area contributed by atoms with Crippen molar-refractivity contribution >= 4 is 23.1 Å². The van der Waals surface area contributed by atoms with Crippen LogP contribution < -0.4 is 4.90 Å². The SMILES string of the molecule is CCN(C1=C(c2ccc(C)c(C)c2)C(=O)N(Cc2ccco2)C1=O)c1ccccc1. The fraction of sp³-hybridized carbons (Fsp3) is 0.200. The number of rotatable bonds is 6. The average Bonchev–Trinajstić information content (AvgIpc) is 3.35. The summed E-state index contributed by atoms with van der Waals surface area (Å²) in [6.07, 6.45) is 1.54. The van der Waals surface area contributed by atoms with E-state index in [1.807, 2.05) is 74.2 Å². The fourth-order valence-corrected chi connectivity index (χ4v) is 3.75. The Morgan fingerprint density at radius 2 is 1.67 bits per heavy atom. The lowest BCUT2D eigenvalue weighted by Gasteiger charge is -2.24. The van der Waals surface area contributed by atoms with E-state index in [0.717, 1.165) is 22.4 Å². The molecule has 0 fully saturated rings. The van der Waals surface area contributed by atoms with Gasteiger partial charge in [0.15, 0.2) is 0 Å². The molecule has 2 aromatic carbocycles. The molecule has 0 saturated heterocycles. The minimum Gasteiger partial charge on any atom is -0.467 e. The monoisotopic (exact) mass is 400 g/mol. The second-order valence-corrected chi connectivity index (χ2v) is 7.38. The molecule has 4 rings (SSSR count). The third-order valence-corrected chi connectivity index (χ3v) is 5.49. The lowest BCUT2D eigenvalue weighted by Crippen LogP contribution is -2.34. The molecule has 0 aliphatic carbocycles. The van der Waals surface area contributed by atoms with Gasteiger partial charge in [0.2, 0.25) is 0 Å². The van der Waals surface area contributed by atoms with E-state index in [1.165, 1.54) is 4.90 Å². The molecule has 0 atom stereocenters. The molecule has 0 bridgehead atoms. The quantitative estimate of drug-likeness (QED) is 0.563. The van der Waals surface area contributed by atoms with Crippen molar-refractivity contribution in [1.29, 1.82) is 0 Å². The van der Waals surface area contributed by atoms with Gasteiger partial charge in [-0.1, -0.05) is 36.4 Å². The summed E-state index contributed by atoms with van der Waals surface area (Å²) in [6.45, 7) is 6.68. The maximum Gasteiger partial charge on any atom is 0.278 e. The number of carbonyl (C=O) groups excluding carboxylic acids is 2. The molecular weight excluding hydrogens is 376 g/mol. The molecule has 0 saturated carbocycles. The second-order valence-electron chi connectivity index (χ2n) is 7.38. The average molecular weight is 400 g/mol. The van der Waals surface area contributed by atoms with Crippen molar-refractivity contribution in [3.05, 3.63) is 95.1 Å². The van der Waals surface area contributed by atoms with E-state index < -0.39 is 0 Å². The summed E-state index contributed by atoms with van der Waals surface area (Å²) < 4.78 is 5.40. The van der Waals surface area contributed by atoms with Gasteiger partial charge in [0, 0.05) is 12.2 Å². The molecule has 1 aliphatic rings. The van der Waals surface area contributed by atoms with E-state index in [1.54, 1.807) is 18.4 Å². The Bertz CT molecular complexity index is 1110. The number of para-hydroxylation sites is 1. The van der Waals surface area contributed by atoms with E-state index in [4.69, 9.17) is 4.42 Å². The molecule has 0 radical (unpaired) electrons. The maximum atomic E-state index is 13.5. The number of anilines is 1. The molecule has 30 heavy (non-hydrogen) atoms. The van der Waals surface area contributed by atoms with Crippen LogP contribution in [0.3, 0.4) is 0 Å². The maximum absolute atomic E-state index is 13.5. The largest absolute Gasteiger partial charge is 0.467 e.